The zero-order valence-electron chi connectivity index (χ0n) is 6.38. The fraction of sp³-hybridized carbons (Fsp3) is 0.556. The maximum absolute atomic E-state index is 9.73. The Kier molecular flexibility index (Phi) is 2.28. The van der Waals surface area contributed by atoms with Gasteiger partial charge in [-0.05, 0) is 12.8 Å². The van der Waals surface area contributed by atoms with E-state index in [0.717, 1.165) is 19.3 Å². The van der Waals surface area contributed by atoms with Crippen molar-refractivity contribution in [3.63, 3.8) is 0 Å². The van der Waals surface area contributed by atoms with E-state index in [9.17, 15) is 5.11 Å². The Hall–Kier alpha value is -0.560. The van der Waals surface area contributed by atoms with Gasteiger partial charge in [0.15, 0.2) is 0 Å². The summed E-state index contributed by atoms with van der Waals surface area (Å²) >= 11 is 0. The van der Waals surface area contributed by atoms with Crippen LogP contribution in [0.1, 0.15) is 26.2 Å². The molecule has 1 aliphatic carbocycles. The molecule has 10 heavy (non-hydrogen) atoms. The normalized spacial score (nSPS) is 31.0. The van der Waals surface area contributed by atoms with Gasteiger partial charge >= 0.3 is 0 Å². The highest BCUT2D eigenvalue weighted by Gasteiger charge is 2.21. The SMILES string of the molecule is CCCC1(O)C=CC=CC1. The van der Waals surface area contributed by atoms with Crippen LogP contribution < -0.4 is 0 Å². The zero-order valence-corrected chi connectivity index (χ0v) is 6.38. The second-order valence-electron chi connectivity index (χ2n) is 2.84. The molecule has 0 fully saturated rings. The Morgan fingerprint density at radius 1 is 1.50 bits per heavy atom. The molecule has 0 saturated carbocycles. The maximum Gasteiger partial charge on any atom is 0.0865 e. The van der Waals surface area contributed by atoms with Crippen molar-refractivity contribution in [1.82, 2.24) is 0 Å². The van der Waals surface area contributed by atoms with Crippen LogP contribution in [0.3, 0.4) is 0 Å². The first-order chi connectivity index (χ1) is 4.77. The average molecular weight is 138 g/mol. The summed E-state index contributed by atoms with van der Waals surface area (Å²) < 4.78 is 0. The molecular formula is C9H14O. The minimum absolute atomic E-state index is 0.538. The minimum Gasteiger partial charge on any atom is -0.385 e. The number of allylic oxidation sites excluding steroid dienone is 2. The molecule has 1 atom stereocenters. The van der Waals surface area contributed by atoms with E-state index in [1.807, 2.05) is 24.3 Å². The predicted molar refractivity (Wildman–Crippen MR) is 42.8 cm³/mol. The molecule has 0 aromatic rings. The lowest BCUT2D eigenvalue weighted by Crippen LogP contribution is -2.25. The predicted octanol–water partition coefficient (Wildman–Crippen LogP) is 2.03. The van der Waals surface area contributed by atoms with Gasteiger partial charge in [-0.2, -0.15) is 0 Å². The van der Waals surface area contributed by atoms with E-state index < -0.39 is 5.60 Å². The van der Waals surface area contributed by atoms with Crippen LogP contribution in [0.25, 0.3) is 0 Å². The van der Waals surface area contributed by atoms with Crippen molar-refractivity contribution >= 4 is 0 Å². The van der Waals surface area contributed by atoms with Crippen LogP contribution in [0, 0.1) is 0 Å². The summed E-state index contributed by atoms with van der Waals surface area (Å²) in [5, 5.41) is 9.73. The van der Waals surface area contributed by atoms with Crippen molar-refractivity contribution in [3.8, 4) is 0 Å². The molecule has 1 aliphatic rings. The molecule has 1 rings (SSSR count). The van der Waals surface area contributed by atoms with Crippen LogP contribution in [0.4, 0.5) is 0 Å². The highest BCUT2D eigenvalue weighted by molar-refractivity contribution is 5.17. The number of rotatable bonds is 2. The van der Waals surface area contributed by atoms with Crippen molar-refractivity contribution in [2.45, 2.75) is 31.8 Å². The summed E-state index contributed by atoms with van der Waals surface area (Å²) in [6.45, 7) is 2.09. The fourth-order valence-electron chi connectivity index (χ4n) is 1.27. The maximum atomic E-state index is 9.73. The summed E-state index contributed by atoms with van der Waals surface area (Å²) in [4.78, 5) is 0. The lowest BCUT2D eigenvalue weighted by Gasteiger charge is -2.23. The van der Waals surface area contributed by atoms with Gasteiger partial charge in [-0.15, -0.1) is 0 Å². The first kappa shape index (κ1) is 7.55. The van der Waals surface area contributed by atoms with Crippen molar-refractivity contribution in [2.75, 3.05) is 0 Å². The third-order valence-electron chi connectivity index (χ3n) is 1.81. The molecule has 0 bridgehead atoms. The molecule has 0 heterocycles. The van der Waals surface area contributed by atoms with E-state index in [-0.39, 0.29) is 0 Å². The van der Waals surface area contributed by atoms with Crippen LogP contribution in [0.2, 0.25) is 0 Å². The Morgan fingerprint density at radius 3 is 2.80 bits per heavy atom. The highest BCUT2D eigenvalue weighted by atomic mass is 16.3. The summed E-state index contributed by atoms with van der Waals surface area (Å²) in [5.74, 6) is 0. The van der Waals surface area contributed by atoms with Gasteiger partial charge in [-0.25, -0.2) is 0 Å². The van der Waals surface area contributed by atoms with Crippen LogP contribution in [0.15, 0.2) is 24.3 Å². The second kappa shape index (κ2) is 3.02. The molecule has 1 heteroatoms. The summed E-state index contributed by atoms with van der Waals surface area (Å²) in [7, 11) is 0. The van der Waals surface area contributed by atoms with Gasteiger partial charge in [0.25, 0.3) is 0 Å². The largest absolute Gasteiger partial charge is 0.385 e. The first-order valence-corrected chi connectivity index (χ1v) is 3.83. The molecule has 0 aliphatic heterocycles. The molecule has 0 spiro atoms. The van der Waals surface area contributed by atoms with Gasteiger partial charge in [0, 0.05) is 0 Å². The van der Waals surface area contributed by atoms with Crippen LogP contribution >= 0.6 is 0 Å². The monoisotopic (exact) mass is 138 g/mol. The number of aliphatic hydroxyl groups is 1. The van der Waals surface area contributed by atoms with Crippen LogP contribution in [0.5, 0.6) is 0 Å². The van der Waals surface area contributed by atoms with Gasteiger partial charge in [0.05, 0.1) is 5.60 Å². The van der Waals surface area contributed by atoms with E-state index in [4.69, 9.17) is 0 Å². The summed E-state index contributed by atoms with van der Waals surface area (Å²) in [6.07, 6.45) is 10.5. The molecule has 1 N–H and O–H groups in total. The van der Waals surface area contributed by atoms with E-state index in [1.54, 1.807) is 0 Å². The van der Waals surface area contributed by atoms with Crippen molar-refractivity contribution in [1.29, 1.82) is 0 Å². The Bertz CT molecular complexity index is 158. The van der Waals surface area contributed by atoms with E-state index in [1.165, 1.54) is 0 Å². The highest BCUT2D eigenvalue weighted by Crippen LogP contribution is 2.22. The molecular weight excluding hydrogens is 124 g/mol. The van der Waals surface area contributed by atoms with E-state index in [0.29, 0.717) is 0 Å². The molecule has 0 saturated heterocycles. The molecule has 0 amide bonds. The molecule has 0 aromatic heterocycles. The standard InChI is InChI=1S/C9H14O/c1-2-6-9(10)7-4-3-5-8-9/h3-5,7,10H,2,6,8H2,1H3. The quantitative estimate of drug-likeness (QED) is 0.619. The smallest absolute Gasteiger partial charge is 0.0865 e. The van der Waals surface area contributed by atoms with Gasteiger partial charge < -0.3 is 5.11 Å². The molecule has 1 unspecified atom stereocenters. The average Bonchev–Trinajstić information content (AvgIpc) is 1.89. The van der Waals surface area contributed by atoms with E-state index in [2.05, 4.69) is 6.92 Å². The molecule has 0 aromatic carbocycles. The second-order valence-corrected chi connectivity index (χ2v) is 2.84. The van der Waals surface area contributed by atoms with Crippen LogP contribution in [-0.4, -0.2) is 10.7 Å². The molecule has 0 radical (unpaired) electrons. The minimum atomic E-state index is -0.538. The Labute approximate surface area is 62.1 Å². The summed E-state index contributed by atoms with van der Waals surface area (Å²) in [5.41, 5.74) is -0.538. The number of hydrogen-bond donors (Lipinski definition) is 1. The third kappa shape index (κ3) is 1.71. The van der Waals surface area contributed by atoms with Gasteiger partial charge in [-0.1, -0.05) is 37.6 Å². The van der Waals surface area contributed by atoms with Gasteiger partial charge in [0.1, 0.15) is 0 Å². The molecule has 1 nitrogen and oxygen atoms in total. The lowest BCUT2D eigenvalue weighted by atomic mass is 9.91. The van der Waals surface area contributed by atoms with Crippen molar-refractivity contribution in [3.05, 3.63) is 24.3 Å². The topological polar surface area (TPSA) is 20.2 Å². The Morgan fingerprint density at radius 2 is 2.30 bits per heavy atom. The van der Waals surface area contributed by atoms with Crippen LogP contribution in [-0.2, 0) is 0 Å². The zero-order chi connectivity index (χ0) is 7.45. The van der Waals surface area contributed by atoms with Gasteiger partial charge in [-0.3, -0.25) is 0 Å². The molecule has 56 valence electrons. The lowest BCUT2D eigenvalue weighted by molar-refractivity contribution is 0.0827. The van der Waals surface area contributed by atoms with Crippen molar-refractivity contribution in [2.24, 2.45) is 0 Å². The van der Waals surface area contributed by atoms with Crippen molar-refractivity contribution < 1.29 is 5.11 Å². The first-order valence-electron chi connectivity index (χ1n) is 3.83. The van der Waals surface area contributed by atoms with E-state index >= 15 is 0 Å². The number of hydrogen-bond acceptors (Lipinski definition) is 1. The van der Waals surface area contributed by atoms with Gasteiger partial charge in [0.2, 0.25) is 0 Å². The third-order valence-corrected chi connectivity index (χ3v) is 1.81. The Balaban J connectivity index is 2.52. The fourth-order valence-corrected chi connectivity index (χ4v) is 1.27. The summed E-state index contributed by atoms with van der Waals surface area (Å²) in [6, 6.07) is 0.